The third-order valence-electron chi connectivity index (χ3n) is 3.17. The van der Waals surface area contributed by atoms with Gasteiger partial charge in [-0.3, -0.25) is 14.4 Å². The van der Waals surface area contributed by atoms with Gasteiger partial charge in [-0.1, -0.05) is 0 Å². The fourth-order valence-corrected chi connectivity index (χ4v) is 2.81. The van der Waals surface area contributed by atoms with Crippen LogP contribution in [0, 0.1) is 11.3 Å². The molecule has 0 aromatic heterocycles. The summed E-state index contributed by atoms with van der Waals surface area (Å²) in [6.07, 6.45) is -1.48. The number of carboxylic acid groups (broad SMARTS) is 1. The van der Waals surface area contributed by atoms with Gasteiger partial charge in [0.15, 0.2) is 11.5 Å². The number of hydrogen-bond donors (Lipinski definition) is 6. The molecule has 13 nitrogen and oxygen atoms in total. The van der Waals surface area contributed by atoms with E-state index in [0.717, 1.165) is 12.1 Å². The number of β-lactam (4-membered cyclic amide) rings is 1. The van der Waals surface area contributed by atoms with Crippen LogP contribution in [0.3, 0.4) is 0 Å². The fraction of sp³-hybridized carbons (Fsp3) is 0.167. The highest BCUT2D eigenvalue weighted by atomic mass is 32.2. The zero-order chi connectivity index (χ0) is 19.6. The Morgan fingerprint density at radius 1 is 1.27 bits per heavy atom. The molecule has 26 heavy (non-hydrogen) atoms. The zero-order valence-corrected chi connectivity index (χ0v) is 13.4. The largest absolute Gasteiger partial charge is 0.504 e. The Balaban J connectivity index is 2.07. The average molecular weight is 385 g/mol. The van der Waals surface area contributed by atoms with Crippen molar-refractivity contribution in [1.82, 2.24) is 14.9 Å². The Kier molecular flexibility index (Phi) is 4.75. The lowest BCUT2D eigenvalue weighted by molar-refractivity contribution is -0.138. The Hall–Kier alpha value is -3.73. The van der Waals surface area contributed by atoms with E-state index >= 15 is 0 Å². The zero-order valence-electron chi connectivity index (χ0n) is 12.6. The van der Waals surface area contributed by atoms with Gasteiger partial charge >= 0.3 is 22.3 Å². The lowest BCUT2D eigenvalue weighted by Gasteiger charge is -2.35. The molecule has 1 aromatic carbocycles. The maximum Gasteiger partial charge on any atom is 0.405 e. The maximum absolute atomic E-state index is 11.9. The molecule has 0 aliphatic carbocycles. The molecule has 0 radical (unpaired) electrons. The van der Waals surface area contributed by atoms with E-state index in [-0.39, 0.29) is 12.1 Å². The molecule has 1 aromatic rings. The first-order chi connectivity index (χ1) is 12.0. The van der Waals surface area contributed by atoms with E-state index in [2.05, 4.69) is 0 Å². The van der Waals surface area contributed by atoms with Gasteiger partial charge < -0.3 is 20.6 Å². The van der Waals surface area contributed by atoms with Gasteiger partial charge in [0.2, 0.25) is 0 Å². The standard InChI is InChI=1S/C12H11N5O8S/c13-3-5-1-8(18)9(19)2-6(5)15-26(24,25)16-11(21)17-4-7(10(17)20)14-12(22)23/h1-2,7,14-15,18-19H,4H2,(H,16,21)(H,22,23)/t7-/m0/s1. The number of aromatic hydroxyl groups is 2. The van der Waals surface area contributed by atoms with E-state index in [1.807, 2.05) is 5.32 Å². The van der Waals surface area contributed by atoms with Crippen molar-refractivity contribution in [3.05, 3.63) is 17.7 Å². The molecule has 0 spiro atoms. The van der Waals surface area contributed by atoms with Crippen LogP contribution < -0.4 is 14.8 Å². The normalized spacial score (nSPS) is 16.2. The number of phenolic OH excluding ortho intramolecular Hbond substituents is 2. The molecule has 1 aliphatic rings. The second-order valence-corrected chi connectivity index (χ2v) is 6.38. The van der Waals surface area contributed by atoms with Crippen molar-refractivity contribution in [1.29, 1.82) is 5.26 Å². The molecular formula is C12H11N5O8S. The summed E-state index contributed by atoms with van der Waals surface area (Å²) in [5.41, 5.74) is -0.771. The number of nitrogens with zero attached hydrogens (tertiary/aromatic N) is 2. The lowest BCUT2D eigenvalue weighted by atomic mass is 10.1. The number of urea groups is 1. The van der Waals surface area contributed by atoms with Crippen molar-refractivity contribution in [2.45, 2.75) is 6.04 Å². The van der Waals surface area contributed by atoms with E-state index < -0.39 is 51.5 Å². The van der Waals surface area contributed by atoms with Crippen molar-refractivity contribution in [2.24, 2.45) is 0 Å². The minimum Gasteiger partial charge on any atom is -0.504 e. The van der Waals surface area contributed by atoms with Gasteiger partial charge in [0.05, 0.1) is 17.8 Å². The summed E-state index contributed by atoms with van der Waals surface area (Å²) in [5, 5.41) is 37.9. The number of imide groups is 1. The molecule has 0 bridgehead atoms. The topological polar surface area (TPSA) is 209 Å². The van der Waals surface area contributed by atoms with Gasteiger partial charge in [-0.15, -0.1) is 0 Å². The summed E-state index contributed by atoms with van der Waals surface area (Å²) < 4.78 is 27.2. The number of nitrogens with one attached hydrogen (secondary N) is 3. The second kappa shape index (κ2) is 6.64. The van der Waals surface area contributed by atoms with Crippen LogP contribution in [-0.4, -0.2) is 59.3 Å². The number of likely N-dealkylation sites (tertiary alicyclic amines) is 1. The van der Waals surface area contributed by atoms with Gasteiger partial charge in [0.1, 0.15) is 12.1 Å². The van der Waals surface area contributed by atoms with Crippen molar-refractivity contribution in [3.63, 3.8) is 0 Å². The molecule has 1 atom stereocenters. The van der Waals surface area contributed by atoms with Crippen molar-refractivity contribution in [3.8, 4) is 17.6 Å². The number of anilines is 1. The number of nitriles is 1. The number of carbonyl (C=O) groups excluding carboxylic acids is 2. The molecule has 1 aliphatic heterocycles. The third kappa shape index (κ3) is 3.84. The smallest absolute Gasteiger partial charge is 0.405 e. The number of phenols is 2. The Labute approximate surface area is 145 Å². The summed E-state index contributed by atoms with van der Waals surface area (Å²) in [7, 11) is -4.61. The molecule has 2 rings (SSSR count). The number of benzene rings is 1. The monoisotopic (exact) mass is 385 g/mol. The van der Waals surface area contributed by atoms with Crippen molar-refractivity contribution in [2.75, 3.05) is 11.3 Å². The first kappa shape index (κ1) is 18.6. The number of amides is 4. The van der Waals surface area contributed by atoms with Crippen LogP contribution in [0.15, 0.2) is 12.1 Å². The number of hydrogen-bond acceptors (Lipinski definition) is 8. The molecule has 138 valence electrons. The predicted molar refractivity (Wildman–Crippen MR) is 82.2 cm³/mol. The van der Waals surface area contributed by atoms with E-state index in [0.29, 0.717) is 4.90 Å². The van der Waals surface area contributed by atoms with Crippen LogP contribution in [-0.2, 0) is 15.0 Å². The Bertz CT molecular complexity index is 938. The molecule has 0 saturated carbocycles. The van der Waals surface area contributed by atoms with Gasteiger partial charge in [-0.25, -0.2) is 14.3 Å². The molecule has 1 saturated heterocycles. The van der Waals surface area contributed by atoms with Gasteiger partial charge in [-0.05, 0) is 0 Å². The molecular weight excluding hydrogens is 374 g/mol. The van der Waals surface area contributed by atoms with Crippen LogP contribution >= 0.6 is 0 Å². The van der Waals surface area contributed by atoms with Gasteiger partial charge in [0, 0.05) is 12.1 Å². The minimum absolute atomic E-state index is 0.344. The minimum atomic E-state index is -4.61. The summed E-state index contributed by atoms with van der Waals surface area (Å²) in [5.74, 6) is -2.31. The molecule has 4 amide bonds. The second-order valence-electron chi connectivity index (χ2n) is 4.96. The van der Waals surface area contributed by atoms with Crippen LogP contribution in [0.5, 0.6) is 11.5 Å². The first-order valence-corrected chi connectivity index (χ1v) is 8.14. The van der Waals surface area contributed by atoms with E-state index in [4.69, 9.17) is 10.4 Å². The van der Waals surface area contributed by atoms with E-state index in [1.165, 1.54) is 4.72 Å². The summed E-state index contributed by atoms with van der Waals surface area (Å²) in [4.78, 5) is 34.3. The van der Waals surface area contributed by atoms with E-state index in [9.17, 15) is 33.0 Å². The fourth-order valence-electron chi connectivity index (χ4n) is 1.96. The molecule has 1 heterocycles. The van der Waals surface area contributed by atoms with Crippen LogP contribution in [0.25, 0.3) is 0 Å². The highest BCUT2D eigenvalue weighted by Crippen LogP contribution is 2.31. The van der Waals surface area contributed by atoms with Gasteiger partial charge in [-0.2, -0.15) is 13.7 Å². The van der Waals surface area contributed by atoms with Crippen LogP contribution in [0.1, 0.15) is 5.56 Å². The summed E-state index contributed by atoms with van der Waals surface area (Å²) >= 11 is 0. The first-order valence-electron chi connectivity index (χ1n) is 6.65. The van der Waals surface area contributed by atoms with Crippen LogP contribution in [0.2, 0.25) is 0 Å². The SMILES string of the molecule is N#Cc1cc(O)c(O)cc1NS(=O)(=O)NC(=O)N1C[C@H](NC(=O)O)C1=O. The average Bonchev–Trinajstić information content (AvgIpc) is 2.52. The lowest BCUT2D eigenvalue weighted by Crippen LogP contribution is -2.67. The quantitative estimate of drug-likeness (QED) is 0.209. The van der Waals surface area contributed by atoms with E-state index in [1.54, 1.807) is 10.8 Å². The van der Waals surface area contributed by atoms with Crippen LogP contribution in [0.4, 0.5) is 15.3 Å². The Morgan fingerprint density at radius 2 is 1.88 bits per heavy atom. The molecule has 14 heteroatoms. The number of rotatable bonds is 4. The predicted octanol–water partition coefficient (Wildman–Crippen LogP) is -1.19. The molecule has 1 fully saturated rings. The maximum atomic E-state index is 11.9. The molecule has 6 N–H and O–H groups in total. The Morgan fingerprint density at radius 3 is 2.42 bits per heavy atom. The highest BCUT2D eigenvalue weighted by molar-refractivity contribution is 7.91. The summed E-state index contributed by atoms with van der Waals surface area (Å²) in [6, 6.07) is 0.628. The summed E-state index contributed by atoms with van der Waals surface area (Å²) in [6.45, 7) is -0.365. The highest BCUT2D eigenvalue weighted by Gasteiger charge is 2.42. The van der Waals surface area contributed by atoms with Crippen molar-refractivity contribution < 1.29 is 38.1 Å². The number of carbonyl (C=O) groups is 3. The molecule has 0 unspecified atom stereocenters. The van der Waals surface area contributed by atoms with Gasteiger partial charge in [0.25, 0.3) is 5.91 Å². The van der Waals surface area contributed by atoms with Crippen molar-refractivity contribution >= 4 is 33.9 Å². The third-order valence-corrected chi connectivity index (χ3v) is 4.11.